The standard InChI is InChI=1S/C13H14INO3S/c14-10-4-8(6-19-10)11(16)15-5-9-2-1-3-13(9,7-15)12(17)18/h4,6,9H,1-3,5,7H2,(H,17,18)/t9-,13+/m0/s1. The van der Waals surface area contributed by atoms with Crippen LogP contribution in [0.1, 0.15) is 29.6 Å². The van der Waals surface area contributed by atoms with E-state index in [1.807, 2.05) is 11.4 Å². The van der Waals surface area contributed by atoms with Crippen molar-refractivity contribution in [1.29, 1.82) is 0 Å². The van der Waals surface area contributed by atoms with Crippen molar-refractivity contribution in [2.75, 3.05) is 13.1 Å². The van der Waals surface area contributed by atoms with Gasteiger partial charge < -0.3 is 10.0 Å². The molecule has 2 aliphatic rings. The van der Waals surface area contributed by atoms with Crippen molar-refractivity contribution in [3.63, 3.8) is 0 Å². The molecule has 1 aromatic rings. The molecule has 1 N–H and O–H groups in total. The van der Waals surface area contributed by atoms with Crippen LogP contribution in [0.2, 0.25) is 0 Å². The fraction of sp³-hybridized carbons (Fsp3) is 0.538. The molecule has 6 heteroatoms. The lowest BCUT2D eigenvalue weighted by molar-refractivity contribution is -0.149. The van der Waals surface area contributed by atoms with Gasteiger partial charge in [0.25, 0.3) is 5.91 Å². The van der Waals surface area contributed by atoms with Crippen LogP contribution in [-0.2, 0) is 4.79 Å². The second-order valence-electron chi connectivity index (χ2n) is 5.38. The summed E-state index contributed by atoms with van der Waals surface area (Å²) in [5.41, 5.74) is 0.00802. The predicted octanol–water partition coefficient (Wildman–Crippen LogP) is 2.68. The SMILES string of the molecule is O=C(c1csc(I)c1)N1C[C@@H]2CCC[C@@]2(C(=O)O)C1. The molecule has 0 radical (unpaired) electrons. The lowest BCUT2D eigenvalue weighted by Crippen LogP contribution is -2.37. The molecule has 4 nitrogen and oxygen atoms in total. The second kappa shape index (κ2) is 4.73. The Kier molecular flexibility index (Phi) is 3.33. The molecule has 1 saturated heterocycles. The van der Waals surface area contributed by atoms with Gasteiger partial charge in [-0.3, -0.25) is 9.59 Å². The third kappa shape index (κ3) is 2.08. The maximum atomic E-state index is 12.4. The molecule has 0 spiro atoms. The number of likely N-dealkylation sites (tertiary alicyclic amines) is 1. The van der Waals surface area contributed by atoms with Gasteiger partial charge in [-0.05, 0) is 47.4 Å². The number of hydrogen-bond donors (Lipinski definition) is 1. The van der Waals surface area contributed by atoms with Crippen LogP contribution in [0, 0.1) is 14.2 Å². The monoisotopic (exact) mass is 391 g/mol. The van der Waals surface area contributed by atoms with Crippen molar-refractivity contribution < 1.29 is 14.7 Å². The molecule has 0 bridgehead atoms. The van der Waals surface area contributed by atoms with Crippen LogP contribution in [0.5, 0.6) is 0 Å². The number of aliphatic carboxylic acids is 1. The maximum Gasteiger partial charge on any atom is 0.311 e. The Labute approximate surface area is 128 Å². The molecule has 1 aromatic heterocycles. The lowest BCUT2D eigenvalue weighted by atomic mass is 9.81. The summed E-state index contributed by atoms with van der Waals surface area (Å²) in [7, 11) is 0. The maximum absolute atomic E-state index is 12.4. The Morgan fingerprint density at radius 2 is 2.32 bits per heavy atom. The van der Waals surface area contributed by atoms with Gasteiger partial charge in [-0.1, -0.05) is 6.42 Å². The molecule has 0 aromatic carbocycles. The topological polar surface area (TPSA) is 57.6 Å². The van der Waals surface area contributed by atoms with E-state index in [9.17, 15) is 14.7 Å². The third-order valence-corrected chi connectivity index (χ3v) is 6.19. The highest BCUT2D eigenvalue weighted by Gasteiger charge is 2.55. The summed E-state index contributed by atoms with van der Waals surface area (Å²) in [4.78, 5) is 25.7. The Balaban J connectivity index is 1.82. The molecule has 0 unspecified atom stereocenters. The number of carbonyl (C=O) groups excluding carboxylic acids is 1. The van der Waals surface area contributed by atoms with E-state index in [0.29, 0.717) is 25.1 Å². The van der Waals surface area contributed by atoms with E-state index in [2.05, 4.69) is 22.6 Å². The number of hydrogen-bond acceptors (Lipinski definition) is 3. The fourth-order valence-electron chi connectivity index (χ4n) is 3.40. The molecule has 2 heterocycles. The molecule has 1 saturated carbocycles. The number of carboxylic acids is 1. The van der Waals surface area contributed by atoms with E-state index in [0.717, 1.165) is 15.7 Å². The Morgan fingerprint density at radius 1 is 1.53 bits per heavy atom. The molecule has 1 amide bonds. The first kappa shape index (κ1) is 13.4. The van der Waals surface area contributed by atoms with Crippen molar-refractivity contribution in [2.45, 2.75) is 19.3 Å². The van der Waals surface area contributed by atoms with E-state index in [1.54, 1.807) is 16.2 Å². The number of halogens is 1. The number of nitrogens with zero attached hydrogens (tertiary/aromatic N) is 1. The number of carboxylic acid groups (broad SMARTS) is 1. The van der Waals surface area contributed by atoms with Gasteiger partial charge in [-0.15, -0.1) is 11.3 Å². The number of thiophene rings is 1. The normalized spacial score (nSPS) is 29.5. The second-order valence-corrected chi connectivity index (χ2v) is 8.18. The summed E-state index contributed by atoms with van der Waals surface area (Å²) in [6, 6.07) is 1.87. The van der Waals surface area contributed by atoms with Gasteiger partial charge in [-0.2, -0.15) is 0 Å². The quantitative estimate of drug-likeness (QED) is 0.789. The van der Waals surface area contributed by atoms with Gasteiger partial charge in [0.15, 0.2) is 0 Å². The summed E-state index contributed by atoms with van der Waals surface area (Å²) < 4.78 is 1.08. The van der Waals surface area contributed by atoms with Gasteiger partial charge in [0.1, 0.15) is 0 Å². The average molecular weight is 391 g/mol. The molecule has 19 heavy (non-hydrogen) atoms. The Bertz CT molecular complexity index is 544. The van der Waals surface area contributed by atoms with E-state index in [1.165, 1.54) is 0 Å². The van der Waals surface area contributed by atoms with Gasteiger partial charge >= 0.3 is 5.97 Å². The van der Waals surface area contributed by atoms with E-state index < -0.39 is 11.4 Å². The number of rotatable bonds is 2. The van der Waals surface area contributed by atoms with Gasteiger partial charge in [0.05, 0.1) is 13.9 Å². The predicted molar refractivity (Wildman–Crippen MR) is 80.3 cm³/mol. The van der Waals surface area contributed by atoms with Gasteiger partial charge in [-0.25, -0.2) is 0 Å². The van der Waals surface area contributed by atoms with Crippen LogP contribution in [-0.4, -0.2) is 35.0 Å². The Hall–Kier alpha value is -0.630. The minimum absolute atomic E-state index is 0.0193. The largest absolute Gasteiger partial charge is 0.481 e. The average Bonchev–Trinajstić information content (AvgIpc) is 3.00. The number of carbonyl (C=O) groups is 2. The molecule has 2 atom stereocenters. The first-order valence-corrected chi connectivity index (χ1v) is 8.25. The third-order valence-electron chi connectivity index (χ3n) is 4.40. The van der Waals surface area contributed by atoms with Crippen LogP contribution in [0.25, 0.3) is 0 Å². The highest BCUT2D eigenvalue weighted by atomic mass is 127. The van der Waals surface area contributed by atoms with Crippen molar-refractivity contribution >= 4 is 45.8 Å². The van der Waals surface area contributed by atoms with E-state index >= 15 is 0 Å². The van der Waals surface area contributed by atoms with E-state index in [4.69, 9.17) is 0 Å². The molecule has 102 valence electrons. The van der Waals surface area contributed by atoms with Crippen molar-refractivity contribution in [2.24, 2.45) is 11.3 Å². The molecular weight excluding hydrogens is 377 g/mol. The van der Waals surface area contributed by atoms with Crippen LogP contribution in [0.15, 0.2) is 11.4 Å². The van der Waals surface area contributed by atoms with Crippen LogP contribution < -0.4 is 0 Å². The van der Waals surface area contributed by atoms with Crippen molar-refractivity contribution in [3.8, 4) is 0 Å². The first-order chi connectivity index (χ1) is 9.03. The zero-order valence-corrected chi connectivity index (χ0v) is 13.2. The summed E-state index contributed by atoms with van der Waals surface area (Å²) in [5.74, 6) is -0.619. The van der Waals surface area contributed by atoms with Crippen molar-refractivity contribution in [1.82, 2.24) is 4.90 Å². The first-order valence-electron chi connectivity index (χ1n) is 6.30. The fourth-order valence-corrected chi connectivity index (χ4v) is 4.72. The molecule has 1 aliphatic heterocycles. The minimum Gasteiger partial charge on any atom is -0.481 e. The zero-order valence-electron chi connectivity index (χ0n) is 10.3. The number of fused-ring (bicyclic) bond motifs is 1. The molecule has 3 rings (SSSR count). The molecule has 1 aliphatic carbocycles. The summed E-state index contributed by atoms with van der Waals surface area (Å²) >= 11 is 3.73. The van der Waals surface area contributed by atoms with Crippen LogP contribution in [0.3, 0.4) is 0 Å². The molecular formula is C13H14INO3S. The highest BCUT2D eigenvalue weighted by Crippen LogP contribution is 2.49. The summed E-state index contributed by atoms with van der Waals surface area (Å²) in [6.07, 6.45) is 2.60. The lowest BCUT2D eigenvalue weighted by Gasteiger charge is -2.23. The van der Waals surface area contributed by atoms with E-state index in [-0.39, 0.29) is 11.8 Å². The zero-order chi connectivity index (χ0) is 13.6. The van der Waals surface area contributed by atoms with Crippen LogP contribution >= 0.6 is 33.9 Å². The Morgan fingerprint density at radius 3 is 2.89 bits per heavy atom. The molecule has 2 fully saturated rings. The van der Waals surface area contributed by atoms with Crippen molar-refractivity contribution in [3.05, 3.63) is 19.9 Å². The van der Waals surface area contributed by atoms with Gasteiger partial charge in [0.2, 0.25) is 0 Å². The highest BCUT2D eigenvalue weighted by molar-refractivity contribution is 14.1. The summed E-state index contributed by atoms with van der Waals surface area (Å²) in [5, 5.41) is 11.4. The van der Waals surface area contributed by atoms with Crippen LogP contribution in [0.4, 0.5) is 0 Å². The summed E-state index contributed by atoms with van der Waals surface area (Å²) in [6.45, 7) is 0.968. The smallest absolute Gasteiger partial charge is 0.311 e. The number of amides is 1. The minimum atomic E-state index is -0.731. The van der Waals surface area contributed by atoms with Gasteiger partial charge in [0, 0.05) is 18.5 Å².